The van der Waals surface area contributed by atoms with Gasteiger partial charge in [0.25, 0.3) is 5.91 Å². The molecule has 104 valence electrons. The Balaban J connectivity index is 2.83. The molecular weight excluding hydrogens is 310 g/mol. The average Bonchev–Trinajstić information content (AvgIpc) is 2.35. The highest BCUT2D eigenvalue weighted by Gasteiger charge is 2.17. The maximum Gasteiger partial charge on any atom is 0.260 e. The number of hydrogen-bond donors (Lipinski definition) is 1. The largest absolute Gasteiger partial charge is 0.480 e. The SMILES string of the molecule is CCCNC(=O)C(C)Oc1cc(Br)ccc1C(C)=O. The van der Waals surface area contributed by atoms with Gasteiger partial charge in [0, 0.05) is 11.0 Å². The molecule has 0 fully saturated rings. The van der Waals surface area contributed by atoms with Crippen LogP contribution in [-0.4, -0.2) is 24.3 Å². The minimum atomic E-state index is -0.640. The zero-order valence-corrected chi connectivity index (χ0v) is 12.9. The van der Waals surface area contributed by atoms with E-state index in [0.717, 1.165) is 10.9 Å². The molecule has 1 aromatic carbocycles. The van der Waals surface area contributed by atoms with Crippen LogP contribution < -0.4 is 10.1 Å². The maximum absolute atomic E-state index is 11.7. The predicted molar refractivity (Wildman–Crippen MR) is 77.5 cm³/mol. The second kappa shape index (κ2) is 7.28. The zero-order valence-electron chi connectivity index (χ0n) is 11.3. The average molecular weight is 328 g/mol. The first-order valence-corrected chi connectivity index (χ1v) is 6.99. The number of ether oxygens (including phenoxy) is 1. The van der Waals surface area contributed by atoms with Crippen LogP contribution in [0.2, 0.25) is 0 Å². The van der Waals surface area contributed by atoms with E-state index in [1.807, 2.05) is 6.92 Å². The van der Waals surface area contributed by atoms with Crippen molar-refractivity contribution in [3.05, 3.63) is 28.2 Å². The molecule has 0 saturated carbocycles. The second-order valence-electron chi connectivity index (χ2n) is 4.25. The lowest BCUT2D eigenvalue weighted by Gasteiger charge is -2.16. The van der Waals surface area contributed by atoms with Crippen molar-refractivity contribution in [1.82, 2.24) is 5.32 Å². The van der Waals surface area contributed by atoms with Gasteiger partial charge in [-0.2, -0.15) is 0 Å². The number of hydrogen-bond acceptors (Lipinski definition) is 3. The predicted octanol–water partition coefficient (Wildman–Crippen LogP) is 2.95. The summed E-state index contributed by atoms with van der Waals surface area (Å²) in [6, 6.07) is 5.14. The number of carbonyl (C=O) groups excluding carboxylic acids is 2. The Morgan fingerprint density at radius 1 is 1.42 bits per heavy atom. The third-order valence-corrected chi connectivity index (χ3v) is 3.04. The van der Waals surface area contributed by atoms with Crippen LogP contribution in [0.1, 0.15) is 37.6 Å². The molecule has 0 bridgehead atoms. The standard InChI is InChI=1S/C14H18BrNO3/c1-4-7-16-14(18)10(3)19-13-8-11(15)5-6-12(13)9(2)17/h5-6,8,10H,4,7H2,1-3H3,(H,16,18). The summed E-state index contributed by atoms with van der Waals surface area (Å²) in [6.07, 6.45) is 0.229. The third kappa shape index (κ3) is 4.67. The Bertz CT molecular complexity index is 474. The van der Waals surface area contributed by atoms with Gasteiger partial charge >= 0.3 is 0 Å². The number of carbonyl (C=O) groups is 2. The van der Waals surface area contributed by atoms with Crippen molar-refractivity contribution < 1.29 is 14.3 Å². The van der Waals surface area contributed by atoms with Crippen molar-refractivity contribution in [2.24, 2.45) is 0 Å². The van der Waals surface area contributed by atoms with Gasteiger partial charge in [-0.1, -0.05) is 22.9 Å². The molecule has 1 atom stereocenters. The molecule has 19 heavy (non-hydrogen) atoms. The lowest BCUT2D eigenvalue weighted by atomic mass is 10.1. The minimum Gasteiger partial charge on any atom is -0.480 e. The summed E-state index contributed by atoms with van der Waals surface area (Å²) in [4.78, 5) is 23.2. The van der Waals surface area contributed by atoms with E-state index in [9.17, 15) is 9.59 Å². The summed E-state index contributed by atoms with van der Waals surface area (Å²) < 4.78 is 6.38. The van der Waals surface area contributed by atoms with Crippen LogP contribution in [0, 0.1) is 0 Å². The number of nitrogens with one attached hydrogen (secondary N) is 1. The molecule has 0 heterocycles. The van der Waals surface area contributed by atoms with Gasteiger partial charge in [0.2, 0.25) is 0 Å². The molecule has 1 N–H and O–H groups in total. The van der Waals surface area contributed by atoms with Gasteiger partial charge in [0.05, 0.1) is 5.56 Å². The molecule has 5 heteroatoms. The van der Waals surface area contributed by atoms with Gasteiger partial charge in [0.1, 0.15) is 5.75 Å². The van der Waals surface area contributed by atoms with Gasteiger partial charge in [-0.3, -0.25) is 9.59 Å². The van der Waals surface area contributed by atoms with Crippen LogP contribution in [-0.2, 0) is 4.79 Å². The van der Waals surface area contributed by atoms with Crippen LogP contribution in [0.15, 0.2) is 22.7 Å². The van der Waals surface area contributed by atoms with Gasteiger partial charge in [0.15, 0.2) is 11.9 Å². The molecule has 0 aliphatic rings. The fourth-order valence-corrected chi connectivity index (χ4v) is 1.86. The van der Waals surface area contributed by atoms with E-state index < -0.39 is 6.10 Å². The number of halogens is 1. The minimum absolute atomic E-state index is 0.0938. The quantitative estimate of drug-likeness (QED) is 0.817. The highest BCUT2D eigenvalue weighted by atomic mass is 79.9. The van der Waals surface area contributed by atoms with Crippen LogP contribution in [0.5, 0.6) is 5.75 Å². The van der Waals surface area contributed by atoms with Crippen molar-refractivity contribution in [2.45, 2.75) is 33.3 Å². The van der Waals surface area contributed by atoms with E-state index in [4.69, 9.17) is 4.74 Å². The lowest BCUT2D eigenvalue weighted by Crippen LogP contribution is -2.36. The van der Waals surface area contributed by atoms with E-state index in [1.54, 1.807) is 25.1 Å². The van der Waals surface area contributed by atoms with Crippen molar-refractivity contribution in [3.63, 3.8) is 0 Å². The Hall–Kier alpha value is -1.36. The van der Waals surface area contributed by atoms with Crippen molar-refractivity contribution >= 4 is 27.6 Å². The molecule has 0 aliphatic heterocycles. The smallest absolute Gasteiger partial charge is 0.260 e. The Morgan fingerprint density at radius 3 is 2.68 bits per heavy atom. The molecule has 1 aromatic rings. The van der Waals surface area contributed by atoms with E-state index in [-0.39, 0.29) is 11.7 Å². The van der Waals surface area contributed by atoms with Gasteiger partial charge in [-0.15, -0.1) is 0 Å². The number of benzene rings is 1. The normalized spacial score (nSPS) is 11.8. The van der Waals surface area contributed by atoms with Crippen molar-refractivity contribution in [3.8, 4) is 5.75 Å². The summed E-state index contributed by atoms with van der Waals surface area (Å²) >= 11 is 3.32. The number of rotatable bonds is 6. The maximum atomic E-state index is 11.7. The molecule has 0 saturated heterocycles. The molecule has 0 spiro atoms. The molecule has 0 aliphatic carbocycles. The van der Waals surface area contributed by atoms with Gasteiger partial charge in [-0.05, 0) is 38.5 Å². The highest BCUT2D eigenvalue weighted by Crippen LogP contribution is 2.25. The van der Waals surface area contributed by atoms with E-state index >= 15 is 0 Å². The molecule has 0 radical (unpaired) electrons. The molecular formula is C14H18BrNO3. The van der Waals surface area contributed by atoms with Crippen LogP contribution in [0.4, 0.5) is 0 Å². The number of ketones is 1. The zero-order chi connectivity index (χ0) is 14.4. The monoisotopic (exact) mass is 327 g/mol. The molecule has 4 nitrogen and oxygen atoms in total. The first kappa shape index (κ1) is 15.7. The first-order chi connectivity index (χ1) is 8.95. The van der Waals surface area contributed by atoms with E-state index in [2.05, 4.69) is 21.2 Å². The Kier molecular flexibility index (Phi) is 6.02. The molecule has 1 amide bonds. The van der Waals surface area contributed by atoms with Crippen LogP contribution >= 0.6 is 15.9 Å². The van der Waals surface area contributed by atoms with E-state index in [1.165, 1.54) is 6.92 Å². The first-order valence-electron chi connectivity index (χ1n) is 6.20. The molecule has 0 aromatic heterocycles. The topological polar surface area (TPSA) is 55.4 Å². The lowest BCUT2D eigenvalue weighted by molar-refractivity contribution is -0.127. The van der Waals surface area contributed by atoms with Crippen LogP contribution in [0.3, 0.4) is 0 Å². The van der Waals surface area contributed by atoms with Crippen molar-refractivity contribution in [2.75, 3.05) is 6.54 Å². The summed E-state index contributed by atoms with van der Waals surface area (Å²) in [5, 5.41) is 2.76. The van der Waals surface area contributed by atoms with Crippen LogP contribution in [0.25, 0.3) is 0 Å². The number of amides is 1. The summed E-state index contributed by atoms with van der Waals surface area (Å²) in [7, 11) is 0. The Labute approximate surface area is 121 Å². The Morgan fingerprint density at radius 2 is 2.11 bits per heavy atom. The van der Waals surface area contributed by atoms with E-state index in [0.29, 0.717) is 17.9 Å². The molecule has 1 unspecified atom stereocenters. The summed E-state index contributed by atoms with van der Waals surface area (Å²) in [5.74, 6) is 0.140. The molecule has 1 rings (SSSR count). The highest BCUT2D eigenvalue weighted by molar-refractivity contribution is 9.10. The third-order valence-electron chi connectivity index (χ3n) is 2.55. The van der Waals surface area contributed by atoms with Gasteiger partial charge in [-0.25, -0.2) is 0 Å². The fraction of sp³-hybridized carbons (Fsp3) is 0.429. The fourth-order valence-electron chi connectivity index (χ4n) is 1.52. The van der Waals surface area contributed by atoms with Crippen molar-refractivity contribution in [1.29, 1.82) is 0 Å². The summed E-state index contributed by atoms with van der Waals surface area (Å²) in [6.45, 7) is 5.73. The second-order valence-corrected chi connectivity index (χ2v) is 5.16. The number of Topliss-reactive ketones (excluding diaryl/α,β-unsaturated/α-hetero) is 1. The summed E-state index contributed by atoms with van der Waals surface area (Å²) in [5.41, 5.74) is 0.471. The van der Waals surface area contributed by atoms with Gasteiger partial charge < -0.3 is 10.1 Å².